The maximum atomic E-state index is 6.24. The first-order chi connectivity index (χ1) is 13.3. The molecule has 1 saturated heterocycles. The third-order valence-corrected chi connectivity index (χ3v) is 4.89. The molecule has 0 spiro atoms. The zero-order chi connectivity index (χ0) is 18.2. The minimum absolute atomic E-state index is 0.475. The number of benzene rings is 1. The number of H-pyrrole nitrogens is 1. The number of fused-ring (bicyclic) bond motifs is 2. The molecule has 0 aliphatic carbocycles. The summed E-state index contributed by atoms with van der Waals surface area (Å²) in [6.07, 6.45) is 5.10. The molecule has 3 aromatic heterocycles. The molecule has 8 nitrogen and oxygen atoms in total. The van der Waals surface area contributed by atoms with Gasteiger partial charge in [0.1, 0.15) is 23.4 Å². The summed E-state index contributed by atoms with van der Waals surface area (Å²) in [5, 5.41) is 12.3. The van der Waals surface area contributed by atoms with Gasteiger partial charge in [0.15, 0.2) is 0 Å². The van der Waals surface area contributed by atoms with Crippen molar-refractivity contribution in [2.24, 2.45) is 0 Å². The van der Waals surface area contributed by atoms with Crippen LogP contribution < -0.4 is 15.0 Å². The molecule has 27 heavy (non-hydrogen) atoms. The van der Waals surface area contributed by atoms with Crippen molar-refractivity contribution in [2.75, 3.05) is 31.1 Å². The van der Waals surface area contributed by atoms with Gasteiger partial charge in [-0.1, -0.05) is 6.07 Å². The van der Waals surface area contributed by atoms with E-state index in [1.807, 2.05) is 25.1 Å². The van der Waals surface area contributed by atoms with Crippen LogP contribution in [0.2, 0.25) is 0 Å². The summed E-state index contributed by atoms with van der Waals surface area (Å²) in [5.41, 5.74) is 2.65. The van der Waals surface area contributed by atoms with Gasteiger partial charge in [-0.15, -0.1) is 0 Å². The van der Waals surface area contributed by atoms with Crippen LogP contribution in [0, 0.1) is 6.92 Å². The molecule has 1 aliphatic rings. The third kappa shape index (κ3) is 2.74. The fourth-order valence-electron chi connectivity index (χ4n) is 3.49. The molecule has 0 amide bonds. The van der Waals surface area contributed by atoms with Crippen molar-refractivity contribution in [3.63, 3.8) is 0 Å². The molecule has 5 rings (SSSR count). The second kappa shape index (κ2) is 6.48. The highest BCUT2D eigenvalue weighted by Crippen LogP contribution is 2.35. The van der Waals surface area contributed by atoms with E-state index < -0.39 is 0 Å². The van der Waals surface area contributed by atoms with Crippen LogP contribution in [0.15, 0.2) is 36.9 Å². The first-order valence-electron chi connectivity index (χ1n) is 8.97. The average Bonchev–Trinajstić information content (AvgIpc) is 3.19. The van der Waals surface area contributed by atoms with Gasteiger partial charge in [-0.25, -0.2) is 15.0 Å². The number of pyridine rings is 1. The lowest BCUT2D eigenvalue weighted by molar-refractivity contribution is 0.470. The van der Waals surface area contributed by atoms with E-state index in [1.54, 1.807) is 18.7 Å². The lowest BCUT2D eigenvalue weighted by Crippen LogP contribution is -2.44. The number of piperazine rings is 1. The smallest absolute Gasteiger partial charge is 0.246 e. The van der Waals surface area contributed by atoms with Gasteiger partial charge in [0.25, 0.3) is 0 Å². The Morgan fingerprint density at radius 1 is 1.04 bits per heavy atom. The number of hydrogen-bond acceptors (Lipinski definition) is 7. The Morgan fingerprint density at radius 2 is 1.93 bits per heavy atom. The van der Waals surface area contributed by atoms with Crippen molar-refractivity contribution in [1.82, 2.24) is 30.5 Å². The highest BCUT2D eigenvalue weighted by atomic mass is 16.5. The zero-order valence-electron chi connectivity index (χ0n) is 14.9. The number of aromatic nitrogens is 5. The van der Waals surface area contributed by atoms with Gasteiger partial charge >= 0.3 is 0 Å². The van der Waals surface area contributed by atoms with Crippen LogP contribution in [0.5, 0.6) is 11.6 Å². The first-order valence-corrected chi connectivity index (χ1v) is 8.97. The van der Waals surface area contributed by atoms with Crippen LogP contribution in [0.4, 0.5) is 5.82 Å². The van der Waals surface area contributed by atoms with Crippen molar-refractivity contribution in [3.05, 3.63) is 42.5 Å². The Bertz CT molecular complexity index is 1120. The summed E-state index contributed by atoms with van der Waals surface area (Å²) in [6.45, 7) is 5.73. The maximum absolute atomic E-state index is 6.24. The summed E-state index contributed by atoms with van der Waals surface area (Å²) in [7, 11) is 0. The lowest BCUT2D eigenvalue weighted by atomic mass is 10.1. The first kappa shape index (κ1) is 16.0. The highest BCUT2D eigenvalue weighted by molar-refractivity contribution is 5.93. The Labute approximate surface area is 155 Å². The minimum atomic E-state index is 0.475. The molecule has 0 atom stereocenters. The molecule has 4 aromatic rings. The fourth-order valence-corrected chi connectivity index (χ4v) is 3.49. The SMILES string of the molecule is Cc1ccc2[nH]ncc2c1Oc1nccc2c(N3CCNCC3)ncnc12. The maximum Gasteiger partial charge on any atom is 0.246 e. The Hall–Kier alpha value is -3.26. The summed E-state index contributed by atoms with van der Waals surface area (Å²) in [6, 6.07) is 5.94. The van der Waals surface area contributed by atoms with Gasteiger partial charge in [0.2, 0.25) is 5.88 Å². The van der Waals surface area contributed by atoms with Crippen LogP contribution >= 0.6 is 0 Å². The number of anilines is 1. The van der Waals surface area contributed by atoms with E-state index in [0.717, 1.165) is 59.6 Å². The molecule has 136 valence electrons. The van der Waals surface area contributed by atoms with Crippen molar-refractivity contribution in [2.45, 2.75) is 6.92 Å². The monoisotopic (exact) mass is 361 g/mol. The molecule has 0 radical (unpaired) electrons. The molecular formula is C19H19N7O. The molecular weight excluding hydrogens is 342 g/mol. The van der Waals surface area contributed by atoms with Gasteiger partial charge in [-0.3, -0.25) is 5.10 Å². The highest BCUT2D eigenvalue weighted by Gasteiger charge is 2.18. The van der Waals surface area contributed by atoms with Gasteiger partial charge in [0.05, 0.1) is 17.1 Å². The third-order valence-electron chi connectivity index (χ3n) is 4.89. The van der Waals surface area contributed by atoms with Crippen molar-refractivity contribution >= 4 is 27.6 Å². The molecule has 1 aromatic carbocycles. The van der Waals surface area contributed by atoms with Crippen LogP contribution in [-0.4, -0.2) is 51.3 Å². The van der Waals surface area contributed by atoms with E-state index in [1.165, 1.54) is 0 Å². The predicted octanol–water partition coefficient (Wildman–Crippen LogP) is 2.41. The van der Waals surface area contributed by atoms with E-state index in [-0.39, 0.29) is 0 Å². The van der Waals surface area contributed by atoms with Gasteiger partial charge in [-0.2, -0.15) is 5.10 Å². The van der Waals surface area contributed by atoms with E-state index in [0.29, 0.717) is 11.4 Å². The largest absolute Gasteiger partial charge is 0.436 e. The normalized spacial score (nSPS) is 14.8. The Kier molecular flexibility index (Phi) is 3.83. The standard InChI is InChI=1S/C19H19N7O/c1-12-2-3-15-14(10-24-25-15)17(12)27-19-16-13(4-5-21-19)18(23-11-22-16)26-8-6-20-7-9-26/h2-5,10-11,20H,6-9H2,1H3,(H,24,25). The minimum Gasteiger partial charge on any atom is -0.436 e. The van der Waals surface area contributed by atoms with Crippen LogP contribution in [0.25, 0.3) is 21.8 Å². The second-order valence-electron chi connectivity index (χ2n) is 6.59. The van der Waals surface area contributed by atoms with E-state index >= 15 is 0 Å². The molecule has 2 N–H and O–H groups in total. The quantitative estimate of drug-likeness (QED) is 0.579. The number of ether oxygens (including phenoxy) is 1. The molecule has 1 aliphatic heterocycles. The second-order valence-corrected chi connectivity index (χ2v) is 6.59. The fraction of sp³-hybridized carbons (Fsp3) is 0.263. The van der Waals surface area contributed by atoms with Crippen LogP contribution in [0.3, 0.4) is 0 Å². The van der Waals surface area contributed by atoms with Gasteiger partial charge in [0, 0.05) is 37.8 Å². The van der Waals surface area contributed by atoms with Gasteiger partial charge < -0.3 is 15.0 Å². The van der Waals surface area contributed by atoms with E-state index in [4.69, 9.17) is 4.74 Å². The molecule has 4 heterocycles. The topological polar surface area (TPSA) is 91.8 Å². The zero-order valence-corrected chi connectivity index (χ0v) is 14.9. The van der Waals surface area contributed by atoms with Crippen LogP contribution in [0.1, 0.15) is 5.56 Å². The number of aryl methyl sites for hydroxylation is 1. The number of rotatable bonds is 3. The summed E-state index contributed by atoms with van der Waals surface area (Å²) < 4.78 is 6.24. The summed E-state index contributed by atoms with van der Waals surface area (Å²) in [4.78, 5) is 15.7. The summed E-state index contributed by atoms with van der Waals surface area (Å²) in [5.74, 6) is 2.14. The van der Waals surface area contributed by atoms with Gasteiger partial charge in [-0.05, 0) is 24.6 Å². The number of nitrogens with one attached hydrogen (secondary N) is 2. The number of hydrogen-bond donors (Lipinski definition) is 2. The molecule has 0 bridgehead atoms. The van der Waals surface area contributed by atoms with Crippen molar-refractivity contribution in [3.8, 4) is 11.6 Å². The molecule has 1 fully saturated rings. The predicted molar refractivity (Wildman–Crippen MR) is 103 cm³/mol. The molecule has 0 unspecified atom stereocenters. The molecule has 0 saturated carbocycles. The van der Waals surface area contributed by atoms with Crippen molar-refractivity contribution in [1.29, 1.82) is 0 Å². The number of aromatic amines is 1. The lowest BCUT2D eigenvalue weighted by Gasteiger charge is -2.29. The Balaban J connectivity index is 1.61. The van der Waals surface area contributed by atoms with Crippen molar-refractivity contribution < 1.29 is 4.74 Å². The Morgan fingerprint density at radius 3 is 2.81 bits per heavy atom. The average molecular weight is 361 g/mol. The van der Waals surface area contributed by atoms with E-state index in [9.17, 15) is 0 Å². The van der Waals surface area contributed by atoms with E-state index in [2.05, 4.69) is 35.4 Å². The number of nitrogens with zero attached hydrogens (tertiary/aromatic N) is 5. The summed E-state index contributed by atoms with van der Waals surface area (Å²) >= 11 is 0. The van der Waals surface area contributed by atoms with Crippen LogP contribution in [-0.2, 0) is 0 Å². The molecule has 8 heteroatoms.